The second-order valence-electron chi connectivity index (χ2n) is 10.2. The summed E-state index contributed by atoms with van der Waals surface area (Å²) in [6.07, 6.45) is 2.85. The number of morpholine rings is 1. The van der Waals surface area contributed by atoms with E-state index >= 15 is 0 Å². The Hall–Kier alpha value is -4.57. The van der Waals surface area contributed by atoms with Gasteiger partial charge in [0, 0.05) is 37.7 Å². The van der Waals surface area contributed by atoms with Crippen molar-refractivity contribution in [3.63, 3.8) is 0 Å². The largest absolute Gasteiger partial charge is 0.378 e. The Kier molecular flexibility index (Phi) is 8.39. The zero-order valence-electron chi connectivity index (χ0n) is 23.7. The molecule has 1 aliphatic heterocycles. The first-order valence-corrected chi connectivity index (χ1v) is 13.8. The van der Waals surface area contributed by atoms with E-state index in [4.69, 9.17) is 15.5 Å². The van der Waals surface area contributed by atoms with Crippen molar-refractivity contribution in [1.29, 1.82) is 0 Å². The fourth-order valence-electron chi connectivity index (χ4n) is 5.23. The van der Waals surface area contributed by atoms with Gasteiger partial charge in [0.15, 0.2) is 0 Å². The number of nitrogens with one attached hydrogen (secondary N) is 1. The van der Waals surface area contributed by atoms with Crippen molar-refractivity contribution in [2.75, 3.05) is 43.9 Å². The third kappa shape index (κ3) is 6.12. The molecule has 5 rings (SSSR count). The maximum atomic E-state index is 13.7. The molecule has 0 spiro atoms. The van der Waals surface area contributed by atoms with Crippen molar-refractivity contribution in [3.05, 3.63) is 87.6 Å². The summed E-state index contributed by atoms with van der Waals surface area (Å²) < 4.78 is 7.07. The average Bonchev–Trinajstić information content (AvgIpc) is 2.96. The Morgan fingerprint density at radius 1 is 1.05 bits per heavy atom. The van der Waals surface area contributed by atoms with Crippen LogP contribution in [0.2, 0.25) is 0 Å². The summed E-state index contributed by atoms with van der Waals surface area (Å²) in [5.41, 5.74) is 10.5. The van der Waals surface area contributed by atoms with Gasteiger partial charge in [-0.3, -0.25) is 14.2 Å². The number of nitrogens with zero attached hydrogens (tertiary/aromatic N) is 5. The minimum atomic E-state index is -0.0746. The minimum absolute atomic E-state index is 0.0653. The van der Waals surface area contributed by atoms with Gasteiger partial charge in [0.05, 0.1) is 35.5 Å². The summed E-state index contributed by atoms with van der Waals surface area (Å²) in [5.74, 6) is 1.35. The van der Waals surface area contributed by atoms with Crippen LogP contribution in [0.15, 0.2) is 59.4 Å². The Bertz CT molecular complexity index is 1660. The molecule has 0 bridgehead atoms. The van der Waals surface area contributed by atoms with Gasteiger partial charge in [0.2, 0.25) is 11.9 Å². The van der Waals surface area contributed by atoms with Crippen LogP contribution in [0, 0.1) is 13.8 Å². The summed E-state index contributed by atoms with van der Waals surface area (Å²) in [7, 11) is 0. The Balaban J connectivity index is 1.38. The molecule has 0 aliphatic carbocycles. The third-order valence-electron chi connectivity index (χ3n) is 7.22. The Morgan fingerprint density at radius 3 is 2.56 bits per heavy atom. The number of benzene rings is 2. The summed E-state index contributed by atoms with van der Waals surface area (Å²) in [4.78, 5) is 42.0. The first-order chi connectivity index (χ1) is 19.8. The quantitative estimate of drug-likeness (QED) is 0.250. The topological polar surface area (TPSA) is 128 Å². The first-order valence-electron chi connectivity index (χ1n) is 13.8. The zero-order chi connectivity index (χ0) is 28.9. The van der Waals surface area contributed by atoms with Crippen LogP contribution in [0.1, 0.15) is 36.0 Å². The van der Waals surface area contributed by atoms with Crippen molar-refractivity contribution in [2.24, 2.45) is 0 Å². The van der Waals surface area contributed by atoms with Crippen LogP contribution < -0.4 is 16.6 Å². The predicted octanol–water partition coefficient (Wildman–Crippen LogP) is 3.68. The van der Waals surface area contributed by atoms with Crippen LogP contribution in [0.3, 0.4) is 0 Å². The van der Waals surface area contributed by atoms with Crippen LogP contribution in [-0.4, -0.2) is 63.2 Å². The molecule has 10 nitrogen and oxygen atoms in total. The van der Waals surface area contributed by atoms with E-state index in [1.807, 2.05) is 69.3 Å². The molecule has 0 unspecified atom stereocenters. The van der Waals surface area contributed by atoms with E-state index in [0.717, 1.165) is 22.4 Å². The predicted molar refractivity (Wildman–Crippen MR) is 161 cm³/mol. The number of aromatic nitrogens is 4. The van der Waals surface area contributed by atoms with Gasteiger partial charge in [-0.2, -0.15) is 4.98 Å². The number of nitrogen functional groups attached to an aromatic ring is 1. The van der Waals surface area contributed by atoms with Crippen molar-refractivity contribution in [1.82, 2.24) is 24.4 Å². The van der Waals surface area contributed by atoms with Gasteiger partial charge in [0.1, 0.15) is 11.6 Å². The molecular weight excluding hydrogens is 518 g/mol. The number of rotatable bonds is 8. The molecule has 1 saturated heterocycles. The standard InChI is InChI=1S/C31H35N7O3/c1-20-9-7-12-24-28(20)30(40)38(23-10-5-4-6-11-23)25(35-24)13-8-14-33-29-27(22(3)34-31(32)36-29)21(2)19-26(39)37-15-17-41-18-16-37/h4-7,9-12,19H,8,13-18H2,1-3H3,(H3,32,33,34,36)/b21-19+. The monoisotopic (exact) mass is 553 g/mol. The second kappa shape index (κ2) is 12.3. The molecule has 212 valence electrons. The number of ether oxygens (including phenoxy) is 1. The number of carbonyl (C=O) groups is 1. The smallest absolute Gasteiger partial charge is 0.266 e. The van der Waals surface area contributed by atoms with Gasteiger partial charge in [-0.25, -0.2) is 9.97 Å². The number of amides is 1. The van der Waals surface area contributed by atoms with Gasteiger partial charge >= 0.3 is 0 Å². The van der Waals surface area contributed by atoms with E-state index in [9.17, 15) is 9.59 Å². The summed E-state index contributed by atoms with van der Waals surface area (Å²) in [5, 5.41) is 4.02. The minimum Gasteiger partial charge on any atom is -0.378 e. The fraction of sp³-hybridized carbons (Fsp3) is 0.323. The van der Waals surface area contributed by atoms with E-state index < -0.39 is 0 Å². The summed E-state index contributed by atoms with van der Waals surface area (Å²) >= 11 is 0. The number of para-hydroxylation sites is 1. The van der Waals surface area contributed by atoms with Gasteiger partial charge in [-0.1, -0.05) is 30.3 Å². The normalized spacial score (nSPS) is 13.9. The van der Waals surface area contributed by atoms with Crippen LogP contribution in [0.25, 0.3) is 22.2 Å². The van der Waals surface area contributed by atoms with Gasteiger partial charge in [-0.15, -0.1) is 0 Å². The van der Waals surface area contributed by atoms with E-state index in [1.54, 1.807) is 15.5 Å². The SMILES string of the molecule is C/C(=C\C(=O)N1CCOCC1)c1c(C)nc(N)nc1NCCCc1nc2cccc(C)c2c(=O)n1-c1ccccc1. The number of aryl methyl sites for hydroxylation is 3. The molecule has 1 aliphatic rings. The maximum absolute atomic E-state index is 13.7. The van der Waals surface area contributed by atoms with E-state index in [0.29, 0.717) is 73.9 Å². The maximum Gasteiger partial charge on any atom is 0.266 e. The molecular formula is C31H35N7O3. The molecule has 0 atom stereocenters. The van der Waals surface area contributed by atoms with Crippen molar-refractivity contribution < 1.29 is 9.53 Å². The highest BCUT2D eigenvalue weighted by atomic mass is 16.5. The molecule has 4 aromatic rings. The summed E-state index contributed by atoms with van der Waals surface area (Å²) in [6.45, 7) is 8.44. The lowest BCUT2D eigenvalue weighted by Gasteiger charge is -2.26. The highest BCUT2D eigenvalue weighted by Gasteiger charge is 2.19. The Morgan fingerprint density at radius 2 is 1.80 bits per heavy atom. The number of hydrogen-bond acceptors (Lipinski definition) is 8. The van der Waals surface area contributed by atoms with E-state index in [-0.39, 0.29) is 17.4 Å². The van der Waals surface area contributed by atoms with Crippen LogP contribution >= 0.6 is 0 Å². The molecule has 3 heterocycles. The first kappa shape index (κ1) is 28.0. The van der Waals surface area contributed by atoms with Crippen molar-refractivity contribution >= 4 is 34.1 Å². The van der Waals surface area contributed by atoms with Crippen LogP contribution in [0.5, 0.6) is 0 Å². The number of carbonyl (C=O) groups excluding carboxylic acids is 1. The zero-order valence-corrected chi connectivity index (χ0v) is 23.7. The lowest BCUT2D eigenvalue weighted by atomic mass is 10.1. The molecule has 3 N–H and O–H groups in total. The molecule has 41 heavy (non-hydrogen) atoms. The molecule has 2 aromatic carbocycles. The second-order valence-corrected chi connectivity index (χ2v) is 10.2. The number of fused-ring (bicyclic) bond motifs is 1. The van der Waals surface area contributed by atoms with Crippen LogP contribution in [-0.2, 0) is 16.0 Å². The molecule has 1 fully saturated rings. The lowest BCUT2D eigenvalue weighted by molar-refractivity contribution is -0.129. The van der Waals surface area contributed by atoms with Crippen molar-refractivity contribution in [3.8, 4) is 5.69 Å². The molecule has 1 amide bonds. The molecule has 10 heteroatoms. The average molecular weight is 554 g/mol. The van der Waals surface area contributed by atoms with E-state index in [2.05, 4.69) is 15.3 Å². The molecule has 0 saturated carbocycles. The van der Waals surface area contributed by atoms with Crippen molar-refractivity contribution in [2.45, 2.75) is 33.6 Å². The molecule has 2 aromatic heterocycles. The Labute approximate surface area is 238 Å². The van der Waals surface area contributed by atoms with Gasteiger partial charge in [0.25, 0.3) is 5.56 Å². The van der Waals surface area contributed by atoms with Crippen LogP contribution in [0.4, 0.5) is 11.8 Å². The van der Waals surface area contributed by atoms with E-state index in [1.165, 1.54) is 0 Å². The highest BCUT2D eigenvalue weighted by molar-refractivity contribution is 5.96. The van der Waals surface area contributed by atoms with Gasteiger partial charge in [-0.05, 0) is 56.5 Å². The molecule has 0 radical (unpaired) electrons. The fourth-order valence-corrected chi connectivity index (χ4v) is 5.23. The third-order valence-corrected chi connectivity index (χ3v) is 7.22. The number of allylic oxidation sites excluding steroid dienone is 1. The number of anilines is 2. The highest BCUT2D eigenvalue weighted by Crippen LogP contribution is 2.26. The summed E-state index contributed by atoms with van der Waals surface area (Å²) in [6, 6.07) is 15.3. The lowest BCUT2D eigenvalue weighted by Crippen LogP contribution is -2.39. The number of hydrogen-bond donors (Lipinski definition) is 2. The van der Waals surface area contributed by atoms with Gasteiger partial charge < -0.3 is 20.7 Å². The number of nitrogens with two attached hydrogens (primary N) is 1.